The average Bonchev–Trinajstić information content (AvgIpc) is 2.01. The van der Waals surface area contributed by atoms with Gasteiger partial charge >= 0.3 is 29.4 Å². The van der Waals surface area contributed by atoms with Crippen LogP contribution >= 0.6 is 0 Å². The summed E-state index contributed by atoms with van der Waals surface area (Å²) in [6.45, 7) is 8.50. The normalized spacial score (nSPS) is 8.31. The zero-order valence-electron chi connectivity index (χ0n) is 7.41. The molecule has 0 bridgehead atoms. The molecule has 0 heterocycles. The van der Waals surface area contributed by atoms with Crippen molar-refractivity contribution in [2.24, 2.45) is 0 Å². The first-order valence-electron chi connectivity index (χ1n) is 3.25. The van der Waals surface area contributed by atoms with Crippen molar-refractivity contribution in [3.63, 3.8) is 0 Å². The van der Waals surface area contributed by atoms with E-state index in [-0.39, 0.29) is 0 Å². The Morgan fingerprint density at radius 1 is 1.08 bits per heavy atom. The van der Waals surface area contributed by atoms with Crippen LogP contribution in [0.25, 0.3) is 0 Å². The minimum absolute atomic E-state index is 0.833. The van der Waals surface area contributed by atoms with Gasteiger partial charge in [-0.2, -0.15) is 0 Å². The van der Waals surface area contributed by atoms with Crippen LogP contribution in [0.1, 0.15) is 0 Å². The Kier molecular flexibility index (Phi) is 19.7. The molecule has 6 N–H and O–H groups in total. The molecule has 0 aromatic heterocycles. The molecule has 0 aliphatic rings. The van der Waals surface area contributed by atoms with Crippen LogP contribution in [0.5, 0.6) is 0 Å². The first-order chi connectivity index (χ1) is 5.83. The van der Waals surface area contributed by atoms with E-state index in [0.717, 1.165) is 13.1 Å². The third-order valence-electron chi connectivity index (χ3n) is 0.408. The molecule has 0 aliphatic carbocycles. The van der Waals surface area contributed by atoms with Crippen molar-refractivity contribution in [2.45, 2.75) is 0 Å². The van der Waals surface area contributed by atoms with E-state index in [1.165, 1.54) is 0 Å². The minimum atomic E-state index is -5.62. The van der Waals surface area contributed by atoms with Gasteiger partial charge in [0.15, 0.2) is 0 Å². The maximum absolute atomic E-state index is 8.58. The summed E-state index contributed by atoms with van der Waals surface area (Å²) in [6, 6.07) is 0. The quantitative estimate of drug-likeness (QED) is 0.374. The fourth-order valence-electron chi connectivity index (χ4n) is 0. The van der Waals surface area contributed by atoms with E-state index in [9.17, 15) is 0 Å². The zero-order chi connectivity index (χ0) is 11.3. The average molecular weight is 235 g/mol. The molecular weight excluding hydrogens is 219 g/mol. The Bertz CT molecular complexity index is 185. The second-order valence-corrected chi connectivity index (χ2v) is 2.71. The third kappa shape index (κ3) is 492. The molecular formula is C6H16MnN2O4. The number of rotatable bonds is 2. The Morgan fingerprint density at radius 3 is 1.15 bits per heavy atom. The molecule has 7 heteroatoms. The van der Waals surface area contributed by atoms with Crippen LogP contribution in [-0.2, 0) is 21.0 Å². The molecule has 0 amide bonds. The van der Waals surface area contributed by atoms with Crippen LogP contribution in [0, 0.1) is 0 Å². The van der Waals surface area contributed by atoms with E-state index < -0.39 is 13.4 Å². The van der Waals surface area contributed by atoms with Gasteiger partial charge < -0.3 is 11.5 Å². The van der Waals surface area contributed by atoms with Crippen LogP contribution in [0.3, 0.4) is 0 Å². The summed E-state index contributed by atoms with van der Waals surface area (Å²) in [5, 5.41) is 0. The summed E-state index contributed by atoms with van der Waals surface area (Å²) in [7, 11) is 0. The zero-order valence-corrected chi connectivity index (χ0v) is 8.59. The molecule has 0 atom stereocenters. The first-order valence-corrected chi connectivity index (χ1v) is 5.18. The van der Waals surface area contributed by atoms with Gasteiger partial charge in [-0.15, -0.1) is 0 Å². The van der Waals surface area contributed by atoms with Gasteiger partial charge in [-0.05, 0) is 12.2 Å². The molecule has 81 valence electrons. The summed E-state index contributed by atoms with van der Waals surface area (Å²) >= 11 is -5.62. The van der Waals surface area contributed by atoms with Crippen molar-refractivity contribution >= 4 is 0 Å². The van der Waals surface area contributed by atoms with E-state index >= 15 is 0 Å². The van der Waals surface area contributed by atoms with Crippen LogP contribution in [-0.4, -0.2) is 13.1 Å². The predicted molar refractivity (Wildman–Crippen MR) is 37.3 cm³/mol. The van der Waals surface area contributed by atoms with Gasteiger partial charge in [0, 0.05) is 0 Å². The molecule has 0 aromatic rings. The molecule has 0 radical (unpaired) electrons. The van der Waals surface area contributed by atoms with Gasteiger partial charge in [0.05, 0.1) is 13.1 Å². The summed E-state index contributed by atoms with van der Waals surface area (Å²) < 4.78 is 34.3. The third-order valence-corrected chi connectivity index (χ3v) is 0.408. The van der Waals surface area contributed by atoms with E-state index in [1.54, 1.807) is 12.2 Å². The summed E-state index contributed by atoms with van der Waals surface area (Å²) in [6.07, 6.45) is 3.53. The van der Waals surface area contributed by atoms with E-state index in [1.807, 2.05) is 0 Å². The van der Waals surface area contributed by atoms with E-state index in [2.05, 4.69) is 24.6 Å². The Hall–Kier alpha value is -0.561. The maximum atomic E-state index is 8.58. The van der Waals surface area contributed by atoms with Crippen LogP contribution < -0.4 is 19.8 Å². The fraction of sp³-hybridized carbons (Fsp3) is 0.333. The molecule has 13 heavy (non-hydrogen) atoms. The van der Waals surface area contributed by atoms with Crippen molar-refractivity contribution in [1.29, 1.82) is 0 Å². The van der Waals surface area contributed by atoms with Crippen LogP contribution in [0.2, 0.25) is 0 Å². The van der Waals surface area contributed by atoms with Crippen molar-refractivity contribution < 1.29 is 40.9 Å². The number of hydrogen-bond donors (Lipinski definition) is 2. The number of quaternary nitrogens is 2. The molecule has 6 nitrogen and oxygen atoms in total. The van der Waals surface area contributed by atoms with E-state index in [4.69, 9.17) is 16.0 Å². The molecule has 0 fully saturated rings. The van der Waals surface area contributed by atoms with Crippen LogP contribution in [0.15, 0.2) is 25.3 Å². The fourth-order valence-corrected chi connectivity index (χ4v) is 0. The van der Waals surface area contributed by atoms with Gasteiger partial charge in [0.1, 0.15) is 0 Å². The van der Waals surface area contributed by atoms with Gasteiger partial charge in [0.2, 0.25) is 0 Å². The predicted octanol–water partition coefficient (Wildman–Crippen LogP) is -3.79. The summed E-state index contributed by atoms with van der Waals surface area (Å²) in [5.74, 6) is 0. The first kappa shape index (κ1) is 18.3. The summed E-state index contributed by atoms with van der Waals surface area (Å²) in [4.78, 5) is 0. The topological polar surface area (TPSA) is 136 Å². The Morgan fingerprint density at radius 2 is 1.15 bits per heavy atom. The Balaban J connectivity index is -0.000000117. The second kappa shape index (κ2) is 14.0. The SMILES string of the molecule is C=CC[NH3+].C=CC[NH3+].[O]=[Mn](=[O])([O-])[O-]. The van der Waals surface area contributed by atoms with Crippen molar-refractivity contribution in [1.82, 2.24) is 0 Å². The molecule has 0 spiro atoms. The second-order valence-electron chi connectivity index (χ2n) is 1.53. The van der Waals surface area contributed by atoms with Gasteiger partial charge in [-0.1, -0.05) is 13.2 Å². The van der Waals surface area contributed by atoms with Crippen LogP contribution in [0.4, 0.5) is 0 Å². The molecule has 0 aliphatic heterocycles. The number of hydrogen-bond acceptors (Lipinski definition) is 4. The molecule has 0 saturated heterocycles. The Labute approximate surface area is 79.8 Å². The van der Waals surface area contributed by atoms with E-state index in [0.29, 0.717) is 0 Å². The monoisotopic (exact) mass is 235 g/mol. The van der Waals surface area contributed by atoms with Crippen molar-refractivity contribution in [2.75, 3.05) is 13.1 Å². The van der Waals surface area contributed by atoms with Gasteiger partial charge in [-0.3, -0.25) is 0 Å². The van der Waals surface area contributed by atoms with Crippen molar-refractivity contribution in [3.8, 4) is 0 Å². The molecule has 0 saturated carbocycles. The van der Waals surface area contributed by atoms with Gasteiger partial charge in [0.25, 0.3) is 0 Å². The molecule has 0 unspecified atom stereocenters. The standard InChI is InChI=1S/2C3H7N.Mn.4O/c2*1-2-3-4;;;;;/h2*2H,1,3-4H2;;;;;/q;;;;;2*-1/p+2. The summed E-state index contributed by atoms with van der Waals surface area (Å²) in [5.41, 5.74) is 6.97. The molecule has 0 aromatic carbocycles. The van der Waals surface area contributed by atoms with Gasteiger partial charge in [-0.25, -0.2) is 0 Å². The molecule has 0 rings (SSSR count). The van der Waals surface area contributed by atoms with Crippen molar-refractivity contribution in [3.05, 3.63) is 25.3 Å².